The van der Waals surface area contributed by atoms with E-state index in [0.29, 0.717) is 43.9 Å². The maximum Gasteiger partial charge on any atom is 0.257 e. The van der Waals surface area contributed by atoms with Crippen LogP contribution >= 0.6 is 0 Å². The Bertz CT molecular complexity index is 451. The summed E-state index contributed by atoms with van der Waals surface area (Å²) in [6.45, 7) is 1.71. The number of carbonyl (C=O) groups excluding carboxylic acids is 1. The molecule has 0 saturated heterocycles. The van der Waals surface area contributed by atoms with E-state index in [2.05, 4.69) is 6.07 Å². The molecule has 1 amide bonds. The standard InChI is InChI=1S/C13H14N2O2/c14-7-3-4-8-15-9-10-17-12-6-2-1-5-11(12)13(15)16/h1-2,5-6H,3-4,8-10H2. The minimum absolute atomic E-state index is 0.00367. The first kappa shape index (κ1) is 11.5. The second kappa shape index (κ2) is 5.35. The van der Waals surface area contributed by atoms with Gasteiger partial charge in [-0.2, -0.15) is 5.26 Å². The summed E-state index contributed by atoms with van der Waals surface area (Å²) in [6, 6.07) is 9.37. The van der Waals surface area contributed by atoms with Crippen LogP contribution in [0.1, 0.15) is 23.2 Å². The number of carbonyl (C=O) groups is 1. The zero-order chi connectivity index (χ0) is 12.1. The molecule has 0 radical (unpaired) electrons. The average molecular weight is 230 g/mol. The monoisotopic (exact) mass is 230 g/mol. The summed E-state index contributed by atoms with van der Waals surface area (Å²) in [5, 5.41) is 8.50. The van der Waals surface area contributed by atoms with E-state index in [-0.39, 0.29) is 5.91 Å². The highest BCUT2D eigenvalue weighted by atomic mass is 16.5. The van der Waals surface area contributed by atoms with Gasteiger partial charge >= 0.3 is 0 Å². The molecule has 0 aliphatic carbocycles. The highest BCUT2D eigenvalue weighted by Gasteiger charge is 2.22. The average Bonchev–Trinajstić information content (AvgIpc) is 2.51. The highest BCUT2D eigenvalue weighted by molar-refractivity contribution is 5.97. The first-order chi connectivity index (χ1) is 8.33. The van der Waals surface area contributed by atoms with Gasteiger partial charge in [-0.1, -0.05) is 12.1 Å². The number of hydrogen-bond donors (Lipinski definition) is 0. The topological polar surface area (TPSA) is 53.3 Å². The number of unbranched alkanes of at least 4 members (excludes halogenated alkanes) is 1. The zero-order valence-electron chi connectivity index (χ0n) is 9.56. The number of para-hydroxylation sites is 1. The number of ether oxygens (including phenoxy) is 1. The molecule has 2 rings (SSSR count). The van der Waals surface area contributed by atoms with Crippen LogP contribution < -0.4 is 4.74 Å². The molecule has 88 valence electrons. The number of amides is 1. The van der Waals surface area contributed by atoms with Crippen LogP contribution in [0.4, 0.5) is 0 Å². The normalized spacial score (nSPS) is 14.5. The Morgan fingerprint density at radius 2 is 2.24 bits per heavy atom. The van der Waals surface area contributed by atoms with Gasteiger partial charge in [-0.3, -0.25) is 4.79 Å². The minimum Gasteiger partial charge on any atom is -0.491 e. The fourth-order valence-corrected chi connectivity index (χ4v) is 1.87. The van der Waals surface area contributed by atoms with Crippen LogP contribution in [0, 0.1) is 11.3 Å². The van der Waals surface area contributed by atoms with Crippen molar-refractivity contribution in [1.29, 1.82) is 5.26 Å². The van der Waals surface area contributed by atoms with Crippen molar-refractivity contribution in [3.63, 3.8) is 0 Å². The van der Waals surface area contributed by atoms with E-state index in [9.17, 15) is 4.79 Å². The van der Waals surface area contributed by atoms with Crippen LogP contribution in [0.5, 0.6) is 5.75 Å². The molecule has 0 unspecified atom stereocenters. The Balaban J connectivity index is 2.12. The van der Waals surface area contributed by atoms with Crippen molar-refractivity contribution in [2.24, 2.45) is 0 Å². The number of hydrogen-bond acceptors (Lipinski definition) is 3. The maximum atomic E-state index is 12.2. The van der Waals surface area contributed by atoms with E-state index in [4.69, 9.17) is 10.00 Å². The summed E-state index contributed by atoms with van der Waals surface area (Å²) in [4.78, 5) is 13.9. The lowest BCUT2D eigenvalue weighted by Gasteiger charge is -2.18. The zero-order valence-corrected chi connectivity index (χ0v) is 9.56. The molecule has 1 aromatic carbocycles. The molecule has 0 saturated carbocycles. The second-order valence-corrected chi connectivity index (χ2v) is 3.90. The Kier molecular flexibility index (Phi) is 3.61. The Labute approximate surface area is 100 Å². The molecule has 1 aromatic rings. The molecule has 0 N–H and O–H groups in total. The van der Waals surface area contributed by atoms with Gasteiger partial charge in [0.15, 0.2) is 0 Å². The summed E-state index contributed by atoms with van der Waals surface area (Å²) in [5.74, 6) is 0.649. The van der Waals surface area contributed by atoms with Gasteiger partial charge in [-0.05, 0) is 18.6 Å². The van der Waals surface area contributed by atoms with Crippen molar-refractivity contribution in [1.82, 2.24) is 4.90 Å². The molecule has 1 aliphatic rings. The van der Waals surface area contributed by atoms with E-state index in [0.717, 1.165) is 0 Å². The molecule has 4 heteroatoms. The number of fused-ring (bicyclic) bond motifs is 1. The van der Waals surface area contributed by atoms with Gasteiger partial charge in [0.1, 0.15) is 12.4 Å². The van der Waals surface area contributed by atoms with Crippen LogP contribution in [-0.4, -0.2) is 30.5 Å². The first-order valence-electron chi connectivity index (χ1n) is 5.71. The Morgan fingerprint density at radius 1 is 1.41 bits per heavy atom. The van der Waals surface area contributed by atoms with E-state index in [1.54, 1.807) is 11.0 Å². The summed E-state index contributed by atoms with van der Waals surface area (Å²) >= 11 is 0. The van der Waals surface area contributed by atoms with Crippen LogP contribution in [0.15, 0.2) is 24.3 Å². The molecule has 1 aliphatic heterocycles. The molecule has 0 spiro atoms. The third kappa shape index (κ3) is 2.56. The quantitative estimate of drug-likeness (QED) is 0.744. The van der Waals surface area contributed by atoms with E-state index >= 15 is 0 Å². The van der Waals surface area contributed by atoms with Crippen molar-refractivity contribution < 1.29 is 9.53 Å². The van der Waals surface area contributed by atoms with E-state index < -0.39 is 0 Å². The predicted octanol–water partition coefficient (Wildman–Crippen LogP) is 1.82. The van der Waals surface area contributed by atoms with Crippen molar-refractivity contribution >= 4 is 5.91 Å². The number of nitriles is 1. The molecule has 0 fully saturated rings. The molecule has 0 bridgehead atoms. The molecule has 0 atom stereocenters. The van der Waals surface area contributed by atoms with Crippen molar-refractivity contribution in [3.8, 4) is 11.8 Å². The van der Waals surface area contributed by atoms with Gasteiger partial charge in [-0.15, -0.1) is 0 Å². The smallest absolute Gasteiger partial charge is 0.257 e. The number of benzene rings is 1. The van der Waals surface area contributed by atoms with Gasteiger partial charge in [0.2, 0.25) is 0 Å². The van der Waals surface area contributed by atoms with Crippen molar-refractivity contribution in [3.05, 3.63) is 29.8 Å². The van der Waals surface area contributed by atoms with Gasteiger partial charge < -0.3 is 9.64 Å². The van der Waals surface area contributed by atoms with E-state index in [1.807, 2.05) is 18.2 Å². The summed E-state index contributed by atoms with van der Waals surface area (Å²) in [5.41, 5.74) is 0.613. The Morgan fingerprint density at radius 3 is 3.06 bits per heavy atom. The first-order valence-corrected chi connectivity index (χ1v) is 5.71. The minimum atomic E-state index is -0.00367. The van der Waals surface area contributed by atoms with Gasteiger partial charge in [0.05, 0.1) is 18.2 Å². The molecule has 1 heterocycles. The fraction of sp³-hybridized carbons (Fsp3) is 0.385. The molecular formula is C13H14N2O2. The summed E-state index contributed by atoms with van der Waals surface area (Å²) in [6.07, 6.45) is 1.19. The third-order valence-electron chi connectivity index (χ3n) is 2.74. The van der Waals surface area contributed by atoms with Crippen molar-refractivity contribution in [2.45, 2.75) is 12.8 Å². The van der Waals surface area contributed by atoms with Crippen LogP contribution in [-0.2, 0) is 0 Å². The lowest BCUT2D eigenvalue weighted by molar-refractivity contribution is 0.0754. The highest BCUT2D eigenvalue weighted by Crippen LogP contribution is 2.22. The van der Waals surface area contributed by atoms with Crippen LogP contribution in [0.3, 0.4) is 0 Å². The SMILES string of the molecule is N#CCCCN1CCOc2ccccc2C1=O. The van der Waals surface area contributed by atoms with Crippen LogP contribution in [0.2, 0.25) is 0 Å². The molecule has 4 nitrogen and oxygen atoms in total. The number of rotatable bonds is 3. The summed E-state index contributed by atoms with van der Waals surface area (Å²) in [7, 11) is 0. The van der Waals surface area contributed by atoms with Crippen molar-refractivity contribution in [2.75, 3.05) is 19.7 Å². The molecular weight excluding hydrogens is 216 g/mol. The van der Waals surface area contributed by atoms with Crippen LogP contribution in [0.25, 0.3) is 0 Å². The molecule has 0 aromatic heterocycles. The number of nitrogens with zero attached hydrogens (tertiary/aromatic N) is 2. The van der Waals surface area contributed by atoms with Gasteiger partial charge in [-0.25, -0.2) is 0 Å². The lowest BCUT2D eigenvalue weighted by atomic mass is 10.1. The fourth-order valence-electron chi connectivity index (χ4n) is 1.87. The van der Waals surface area contributed by atoms with Gasteiger partial charge in [0, 0.05) is 13.0 Å². The predicted molar refractivity (Wildman–Crippen MR) is 62.7 cm³/mol. The lowest BCUT2D eigenvalue weighted by Crippen LogP contribution is -2.33. The maximum absolute atomic E-state index is 12.2. The summed E-state index contributed by atoms with van der Waals surface area (Å²) < 4.78 is 5.53. The largest absolute Gasteiger partial charge is 0.491 e. The molecule has 17 heavy (non-hydrogen) atoms. The Hall–Kier alpha value is -2.02. The second-order valence-electron chi connectivity index (χ2n) is 3.90. The third-order valence-corrected chi connectivity index (χ3v) is 2.74. The van der Waals surface area contributed by atoms with E-state index in [1.165, 1.54) is 0 Å². The van der Waals surface area contributed by atoms with Gasteiger partial charge in [0.25, 0.3) is 5.91 Å².